The van der Waals surface area contributed by atoms with Gasteiger partial charge in [-0.15, -0.1) is 0 Å². The van der Waals surface area contributed by atoms with E-state index in [4.69, 9.17) is 0 Å². The molecule has 1 saturated carbocycles. The Morgan fingerprint density at radius 2 is 2.05 bits per heavy atom. The number of nitrogens with one attached hydrogen (secondary N) is 1. The fourth-order valence-electron chi connectivity index (χ4n) is 2.94. The van der Waals surface area contributed by atoms with Crippen LogP contribution in [0.15, 0.2) is 24.3 Å². The Labute approximate surface area is 121 Å². The summed E-state index contributed by atoms with van der Waals surface area (Å²) in [7, 11) is 0. The number of aromatic hydroxyl groups is 1. The summed E-state index contributed by atoms with van der Waals surface area (Å²) in [5, 5.41) is 13.9. The summed E-state index contributed by atoms with van der Waals surface area (Å²) in [6, 6.07) is 8.74. The van der Waals surface area contributed by atoms with Crippen LogP contribution in [0.2, 0.25) is 0 Å². The van der Waals surface area contributed by atoms with Gasteiger partial charge in [-0.2, -0.15) is 11.8 Å². The smallest absolute Gasteiger partial charge is 0.115 e. The molecular formula is C16H25NOS. The molecule has 0 heterocycles. The first-order valence-electron chi connectivity index (χ1n) is 7.34. The number of phenolic OH excluding ortho intramolecular Hbond substituents is 1. The molecule has 19 heavy (non-hydrogen) atoms. The van der Waals surface area contributed by atoms with Crippen LogP contribution in [0.5, 0.6) is 5.75 Å². The van der Waals surface area contributed by atoms with E-state index in [0.29, 0.717) is 17.8 Å². The number of thioether (sulfide) groups is 1. The molecule has 3 unspecified atom stereocenters. The van der Waals surface area contributed by atoms with E-state index < -0.39 is 0 Å². The lowest BCUT2D eigenvalue weighted by Gasteiger charge is -2.24. The largest absolute Gasteiger partial charge is 0.508 e. The van der Waals surface area contributed by atoms with Crippen LogP contribution >= 0.6 is 11.8 Å². The van der Waals surface area contributed by atoms with Gasteiger partial charge in [0, 0.05) is 17.3 Å². The average molecular weight is 279 g/mol. The maximum Gasteiger partial charge on any atom is 0.115 e. The maximum absolute atomic E-state index is 9.30. The SMILES string of the molecule is CCSC1CCCC1NC(C)Cc1ccc(O)cc1. The van der Waals surface area contributed by atoms with Crippen LogP contribution < -0.4 is 5.32 Å². The van der Waals surface area contributed by atoms with E-state index >= 15 is 0 Å². The van der Waals surface area contributed by atoms with Crippen molar-refractivity contribution in [1.29, 1.82) is 0 Å². The van der Waals surface area contributed by atoms with Crippen LogP contribution in [-0.4, -0.2) is 28.2 Å². The van der Waals surface area contributed by atoms with Crippen LogP contribution in [0, 0.1) is 0 Å². The summed E-state index contributed by atoms with van der Waals surface area (Å²) >= 11 is 2.10. The first-order chi connectivity index (χ1) is 9.19. The molecule has 1 aromatic rings. The van der Waals surface area contributed by atoms with E-state index in [1.807, 2.05) is 12.1 Å². The van der Waals surface area contributed by atoms with E-state index in [0.717, 1.165) is 11.7 Å². The number of hydrogen-bond acceptors (Lipinski definition) is 3. The molecule has 0 radical (unpaired) electrons. The Kier molecular flexibility index (Phi) is 5.59. The highest BCUT2D eigenvalue weighted by Gasteiger charge is 2.27. The molecule has 0 aromatic heterocycles. The van der Waals surface area contributed by atoms with Crippen molar-refractivity contribution in [2.75, 3.05) is 5.75 Å². The highest BCUT2D eigenvalue weighted by Crippen LogP contribution is 2.30. The van der Waals surface area contributed by atoms with Crippen molar-refractivity contribution in [3.8, 4) is 5.75 Å². The van der Waals surface area contributed by atoms with Gasteiger partial charge in [-0.25, -0.2) is 0 Å². The van der Waals surface area contributed by atoms with Gasteiger partial charge in [0.25, 0.3) is 0 Å². The number of hydrogen-bond donors (Lipinski definition) is 2. The molecule has 1 aromatic carbocycles. The Balaban J connectivity index is 1.83. The zero-order chi connectivity index (χ0) is 13.7. The lowest BCUT2D eigenvalue weighted by Crippen LogP contribution is -2.41. The number of phenols is 1. The van der Waals surface area contributed by atoms with E-state index in [2.05, 4.69) is 30.9 Å². The monoisotopic (exact) mass is 279 g/mol. The first-order valence-corrected chi connectivity index (χ1v) is 8.39. The van der Waals surface area contributed by atoms with Crippen molar-refractivity contribution in [2.24, 2.45) is 0 Å². The molecule has 106 valence electrons. The second-order valence-electron chi connectivity index (χ2n) is 5.47. The van der Waals surface area contributed by atoms with E-state index in [1.54, 1.807) is 12.1 Å². The summed E-state index contributed by atoms with van der Waals surface area (Å²) < 4.78 is 0. The Hall–Kier alpha value is -0.670. The fraction of sp³-hybridized carbons (Fsp3) is 0.625. The molecule has 1 aliphatic carbocycles. The predicted molar refractivity (Wildman–Crippen MR) is 84.0 cm³/mol. The third kappa shape index (κ3) is 4.43. The fourth-order valence-corrected chi connectivity index (χ4v) is 4.15. The Morgan fingerprint density at radius 3 is 2.74 bits per heavy atom. The summed E-state index contributed by atoms with van der Waals surface area (Å²) in [5.74, 6) is 1.56. The zero-order valence-electron chi connectivity index (χ0n) is 11.9. The van der Waals surface area contributed by atoms with Gasteiger partial charge in [-0.05, 0) is 49.6 Å². The second-order valence-corrected chi connectivity index (χ2v) is 6.99. The lowest BCUT2D eigenvalue weighted by atomic mass is 10.1. The molecule has 1 fully saturated rings. The number of benzene rings is 1. The molecule has 0 aliphatic heterocycles. The van der Waals surface area contributed by atoms with Crippen molar-refractivity contribution in [3.63, 3.8) is 0 Å². The molecule has 3 heteroatoms. The molecule has 0 saturated heterocycles. The van der Waals surface area contributed by atoms with E-state index in [9.17, 15) is 5.11 Å². The van der Waals surface area contributed by atoms with Gasteiger partial charge in [0.05, 0.1) is 0 Å². The molecule has 2 nitrogen and oxygen atoms in total. The van der Waals surface area contributed by atoms with Gasteiger partial charge >= 0.3 is 0 Å². The normalized spacial score (nSPS) is 24.5. The van der Waals surface area contributed by atoms with Gasteiger partial charge < -0.3 is 10.4 Å². The van der Waals surface area contributed by atoms with E-state index in [1.165, 1.54) is 30.6 Å². The van der Waals surface area contributed by atoms with Crippen LogP contribution in [0.1, 0.15) is 38.7 Å². The van der Waals surface area contributed by atoms with Crippen molar-refractivity contribution in [1.82, 2.24) is 5.32 Å². The van der Waals surface area contributed by atoms with Gasteiger partial charge in [-0.3, -0.25) is 0 Å². The molecule has 2 N–H and O–H groups in total. The average Bonchev–Trinajstić information content (AvgIpc) is 2.80. The van der Waals surface area contributed by atoms with Gasteiger partial charge in [0.15, 0.2) is 0 Å². The molecular weight excluding hydrogens is 254 g/mol. The minimum Gasteiger partial charge on any atom is -0.508 e. The summed E-state index contributed by atoms with van der Waals surface area (Å²) in [6.07, 6.45) is 5.07. The molecule has 0 bridgehead atoms. The van der Waals surface area contributed by atoms with E-state index in [-0.39, 0.29) is 0 Å². The predicted octanol–water partition coefficient (Wildman–Crippen LogP) is 3.59. The summed E-state index contributed by atoms with van der Waals surface area (Å²) in [5.41, 5.74) is 1.29. The maximum atomic E-state index is 9.30. The third-order valence-electron chi connectivity index (χ3n) is 3.81. The molecule has 1 aliphatic rings. The standard InChI is InChI=1S/C16H25NOS/c1-3-19-16-6-4-5-15(16)17-12(2)11-13-7-9-14(18)10-8-13/h7-10,12,15-18H,3-6,11H2,1-2H3. The first kappa shape index (κ1) is 14.7. The molecule has 0 spiro atoms. The topological polar surface area (TPSA) is 32.3 Å². The minimum atomic E-state index is 0.347. The van der Waals surface area contributed by atoms with Crippen LogP contribution in [-0.2, 0) is 6.42 Å². The minimum absolute atomic E-state index is 0.347. The molecule has 2 rings (SSSR count). The van der Waals surface area contributed by atoms with Crippen molar-refractivity contribution < 1.29 is 5.11 Å². The molecule has 0 amide bonds. The Bertz CT molecular complexity index is 379. The molecule has 3 atom stereocenters. The van der Waals surface area contributed by atoms with Crippen molar-refractivity contribution in [2.45, 2.75) is 56.9 Å². The van der Waals surface area contributed by atoms with Crippen LogP contribution in [0.3, 0.4) is 0 Å². The third-order valence-corrected chi connectivity index (χ3v) is 5.14. The Morgan fingerprint density at radius 1 is 1.32 bits per heavy atom. The number of rotatable bonds is 6. The van der Waals surface area contributed by atoms with Gasteiger partial charge in [0.2, 0.25) is 0 Å². The van der Waals surface area contributed by atoms with Crippen molar-refractivity contribution in [3.05, 3.63) is 29.8 Å². The van der Waals surface area contributed by atoms with Crippen LogP contribution in [0.4, 0.5) is 0 Å². The van der Waals surface area contributed by atoms with Gasteiger partial charge in [0.1, 0.15) is 5.75 Å². The highest BCUT2D eigenvalue weighted by atomic mass is 32.2. The zero-order valence-corrected chi connectivity index (χ0v) is 12.7. The van der Waals surface area contributed by atoms with Crippen LogP contribution in [0.25, 0.3) is 0 Å². The second kappa shape index (κ2) is 7.20. The van der Waals surface area contributed by atoms with Crippen molar-refractivity contribution >= 4 is 11.8 Å². The highest BCUT2D eigenvalue weighted by molar-refractivity contribution is 7.99. The quantitative estimate of drug-likeness (QED) is 0.834. The lowest BCUT2D eigenvalue weighted by molar-refractivity contribution is 0.452. The van der Waals surface area contributed by atoms with Gasteiger partial charge in [-0.1, -0.05) is 25.5 Å². The summed E-state index contributed by atoms with van der Waals surface area (Å²) in [4.78, 5) is 0. The summed E-state index contributed by atoms with van der Waals surface area (Å²) in [6.45, 7) is 4.51.